The molecule has 170 valence electrons. The Hall–Kier alpha value is -3.21. The van der Waals surface area contributed by atoms with E-state index in [0.717, 1.165) is 49.8 Å². The molecule has 2 aromatic carbocycles. The summed E-state index contributed by atoms with van der Waals surface area (Å²) in [6.45, 7) is 8.24. The van der Waals surface area contributed by atoms with Gasteiger partial charge in [-0.05, 0) is 63.4 Å². The summed E-state index contributed by atoms with van der Waals surface area (Å²) in [6, 6.07) is 14.1. The van der Waals surface area contributed by atoms with Crippen LogP contribution in [0.5, 0.6) is 0 Å². The van der Waals surface area contributed by atoms with Gasteiger partial charge in [-0.2, -0.15) is 10.4 Å². The van der Waals surface area contributed by atoms with Crippen LogP contribution in [0.2, 0.25) is 0 Å². The fraction of sp³-hybridized carbons (Fsp3) is 0.423. The van der Waals surface area contributed by atoms with Gasteiger partial charge in [-0.15, -0.1) is 0 Å². The Labute approximate surface area is 194 Å². The standard InChI is InChI=1S/C26H30N6O/c1-26(2,25(33)30-24-8-7-19(13-27)22-5-3-4-6-23(22)24)32-17-20(14-29-32)18-9-11-31(12-10-18)21-15-28-16-21/h3-8,14,17-18,21,28H,9-12,15-16H2,1-2H3,(H,30,33). The zero-order chi connectivity index (χ0) is 23.0. The quantitative estimate of drug-likeness (QED) is 0.632. The minimum atomic E-state index is -0.856. The number of likely N-dealkylation sites (tertiary alicyclic amines) is 1. The second-order valence-electron chi connectivity index (χ2n) is 9.67. The zero-order valence-electron chi connectivity index (χ0n) is 19.2. The number of rotatable bonds is 5. The third-order valence-electron chi connectivity index (χ3n) is 7.30. The smallest absolute Gasteiger partial charge is 0.251 e. The predicted molar refractivity (Wildman–Crippen MR) is 129 cm³/mol. The number of fused-ring (bicyclic) bond motifs is 1. The van der Waals surface area contributed by atoms with Crippen LogP contribution in [0.25, 0.3) is 10.8 Å². The van der Waals surface area contributed by atoms with Crippen molar-refractivity contribution >= 4 is 22.4 Å². The number of carbonyl (C=O) groups is 1. The van der Waals surface area contributed by atoms with Crippen LogP contribution in [-0.4, -0.2) is 52.8 Å². The number of hydrogen-bond donors (Lipinski definition) is 2. The molecule has 2 N–H and O–H groups in total. The van der Waals surface area contributed by atoms with Crippen LogP contribution in [0, 0.1) is 11.3 Å². The Bertz CT molecular complexity index is 1210. The number of aromatic nitrogens is 2. The molecule has 2 aliphatic heterocycles. The van der Waals surface area contributed by atoms with Gasteiger partial charge in [0, 0.05) is 41.8 Å². The molecule has 2 aliphatic rings. The van der Waals surface area contributed by atoms with Gasteiger partial charge in [-0.3, -0.25) is 14.4 Å². The first-order chi connectivity index (χ1) is 16.0. The van der Waals surface area contributed by atoms with E-state index in [1.165, 1.54) is 5.56 Å². The van der Waals surface area contributed by atoms with E-state index in [4.69, 9.17) is 0 Å². The minimum absolute atomic E-state index is 0.140. The molecule has 2 fully saturated rings. The molecule has 1 amide bonds. The Morgan fingerprint density at radius 2 is 1.88 bits per heavy atom. The molecule has 0 spiro atoms. The monoisotopic (exact) mass is 442 g/mol. The first-order valence-corrected chi connectivity index (χ1v) is 11.7. The number of amides is 1. The second-order valence-corrected chi connectivity index (χ2v) is 9.67. The molecular formula is C26H30N6O. The average Bonchev–Trinajstić information content (AvgIpc) is 3.30. The van der Waals surface area contributed by atoms with E-state index in [9.17, 15) is 10.1 Å². The lowest BCUT2D eigenvalue weighted by atomic mass is 9.90. The molecule has 0 aliphatic carbocycles. The lowest BCUT2D eigenvalue weighted by Gasteiger charge is -2.42. The summed E-state index contributed by atoms with van der Waals surface area (Å²) in [6.07, 6.45) is 6.23. The molecule has 0 radical (unpaired) electrons. The van der Waals surface area contributed by atoms with Crippen LogP contribution < -0.4 is 10.6 Å². The summed E-state index contributed by atoms with van der Waals surface area (Å²) in [5, 5.41) is 22.1. The molecule has 0 unspecified atom stereocenters. The third-order valence-corrected chi connectivity index (χ3v) is 7.30. The molecule has 33 heavy (non-hydrogen) atoms. The van der Waals surface area contributed by atoms with Crippen LogP contribution in [0.1, 0.15) is 43.7 Å². The van der Waals surface area contributed by atoms with Crippen molar-refractivity contribution < 1.29 is 4.79 Å². The first kappa shape index (κ1) is 21.6. The van der Waals surface area contributed by atoms with Gasteiger partial charge in [0.15, 0.2) is 0 Å². The van der Waals surface area contributed by atoms with Gasteiger partial charge in [0.2, 0.25) is 0 Å². The SMILES string of the molecule is CC(C)(C(=O)Nc1ccc(C#N)c2ccccc12)n1cc(C2CCN(C3CNC3)CC2)cn1. The van der Waals surface area contributed by atoms with Crippen molar-refractivity contribution in [3.05, 3.63) is 59.9 Å². The maximum Gasteiger partial charge on any atom is 0.251 e. The van der Waals surface area contributed by atoms with Gasteiger partial charge in [0.05, 0.1) is 17.8 Å². The number of anilines is 1. The van der Waals surface area contributed by atoms with E-state index in [1.807, 2.05) is 50.5 Å². The topological polar surface area (TPSA) is 86.0 Å². The fourth-order valence-corrected chi connectivity index (χ4v) is 4.87. The number of hydrogen-bond acceptors (Lipinski definition) is 5. The van der Waals surface area contributed by atoms with Gasteiger partial charge in [-0.1, -0.05) is 24.3 Å². The molecule has 0 saturated carbocycles. The van der Waals surface area contributed by atoms with Crippen molar-refractivity contribution in [1.82, 2.24) is 20.0 Å². The van der Waals surface area contributed by atoms with Crippen LogP contribution in [-0.2, 0) is 10.3 Å². The normalized spacial score (nSPS) is 18.1. The number of nitrogens with zero attached hydrogens (tertiary/aromatic N) is 4. The lowest BCUT2D eigenvalue weighted by molar-refractivity contribution is -0.123. The Kier molecular flexibility index (Phi) is 5.65. The van der Waals surface area contributed by atoms with Crippen molar-refractivity contribution in [2.24, 2.45) is 0 Å². The summed E-state index contributed by atoms with van der Waals surface area (Å²) in [5.41, 5.74) is 1.66. The van der Waals surface area contributed by atoms with Crippen LogP contribution >= 0.6 is 0 Å². The maximum atomic E-state index is 13.3. The largest absolute Gasteiger partial charge is 0.323 e. The summed E-state index contributed by atoms with van der Waals surface area (Å²) in [5.74, 6) is 0.351. The molecule has 1 aromatic heterocycles. The highest BCUT2D eigenvalue weighted by Gasteiger charge is 2.33. The van der Waals surface area contributed by atoms with Crippen molar-refractivity contribution in [1.29, 1.82) is 5.26 Å². The number of piperidine rings is 1. The molecule has 2 saturated heterocycles. The Morgan fingerprint density at radius 1 is 1.15 bits per heavy atom. The molecule has 0 atom stereocenters. The Balaban J connectivity index is 1.30. The van der Waals surface area contributed by atoms with Crippen LogP contribution in [0.4, 0.5) is 5.69 Å². The molecule has 3 heterocycles. The van der Waals surface area contributed by atoms with Gasteiger partial charge in [0.25, 0.3) is 5.91 Å². The number of nitriles is 1. The van der Waals surface area contributed by atoms with E-state index in [1.54, 1.807) is 16.8 Å². The van der Waals surface area contributed by atoms with Crippen LogP contribution in [0.15, 0.2) is 48.8 Å². The van der Waals surface area contributed by atoms with Crippen molar-refractivity contribution in [2.45, 2.75) is 44.2 Å². The van der Waals surface area contributed by atoms with E-state index in [-0.39, 0.29) is 5.91 Å². The van der Waals surface area contributed by atoms with E-state index < -0.39 is 5.54 Å². The van der Waals surface area contributed by atoms with Gasteiger partial charge < -0.3 is 10.6 Å². The van der Waals surface area contributed by atoms with Crippen molar-refractivity contribution in [3.63, 3.8) is 0 Å². The highest BCUT2D eigenvalue weighted by atomic mass is 16.2. The number of benzene rings is 2. The third kappa shape index (κ3) is 4.01. The molecule has 7 nitrogen and oxygen atoms in total. The first-order valence-electron chi connectivity index (χ1n) is 11.7. The lowest BCUT2D eigenvalue weighted by Crippen LogP contribution is -2.58. The summed E-state index contributed by atoms with van der Waals surface area (Å²) in [4.78, 5) is 15.9. The Morgan fingerprint density at radius 3 is 2.55 bits per heavy atom. The van der Waals surface area contributed by atoms with Gasteiger partial charge >= 0.3 is 0 Å². The highest BCUT2D eigenvalue weighted by Crippen LogP contribution is 2.31. The summed E-state index contributed by atoms with van der Waals surface area (Å²) in [7, 11) is 0. The molecule has 7 heteroatoms. The second kappa shape index (κ2) is 8.62. The molecule has 0 bridgehead atoms. The summed E-state index contributed by atoms with van der Waals surface area (Å²) < 4.78 is 1.78. The average molecular weight is 443 g/mol. The van der Waals surface area contributed by atoms with Crippen molar-refractivity contribution in [2.75, 3.05) is 31.5 Å². The number of nitrogens with one attached hydrogen (secondary N) is 2. The number of carbonyl (C=O) groups excluding carboxylic acids is 1. The van der Waals surface area contributed by atoms with Gasteiger partial charge in [0.1, 0.15) is 5.54 Å². The summed E-state index contributed by atoms with van der Waals surface area (Å²) >= 11 is 0. The van der Waals surface area contributed by atoms with E-state index in [2.05, 4.69) is 26.7 Å². The van der Waals surface area contributed by atoms with Crippen LogP contribution in [0.3, 0.4) is 0 Å². The zero-order valence-corrected chi connectivity index (χ0v) is 19.2. The van der Waals surface area contributed by atoms with Crippen molar-refractivity contribution in [3.8, 4) is 6.07 Å². The maximum absolute atomic E-state index is 13.3. The molecule has 3 aromatic rings. The van der Waals surface area contributed by atoms with E-state index in [0.29, 0.717) is 23.2 Å². The minimum Gasteiger partial charge on any atom is -0.323 e. The highest BCUT2D eigenvalue weighted by molar-refractivity contribution is 6.05. The van der Waals surface area contributed by atoms with E-state index >= 15 is 0 Å². The molecular weight excluding hydrogens is 412 g/mol. The predicted octanol–water partition coefficient (Wildman–Crippen LogP) is 3.43. The fourth-order valence-electron chi connectivity index (χ4n) is 4.87. The molecule has 5 rings (SSSR count). The van der Waals surface area contributed by atoms with Gasteiger partial charge in [-0.25, -0.2) is 0 Å².